The van der Waals surface area contributed by atoms with E-state index < -0.39 is 0 Å². The van der Waals surface area contributed by atoms with Crippen LogP contribution in [0.1, 0.15) is 12.6 Å². The fraction of sp³-hybridized carbons (Fsp3) is 0.429. The molecule has 1 atom stereocenters. The highest BCUT2D eigenvalue weighted by Crippen LogP contribution is 2.07. The number of benzene rings is 1. The van der Waals surface area contributed by atoms with Crippen molar-refractivity contribution in [2.75, 3.05) is 19.6 Å². The molecule has 1 saturated heterocycles. The molecule has 1 N–H and O–H groups in total. The third kappa shape index (κ3) is 3.00. The summed E-state index contributed by atoms with van der Waals surface area (Å²) in [5, 5.41) is 12.3. The maximum atomic E-state index is 4.54. The number of hydrogen-bond acceptors (Lipinski definition) is 4. The average molecular weight is 257 g/mol. The van der Waals surface area contributed by atoms with Crippen molar-refractivity contribution in [3.8, 4) is 5.69 Å². The molecule has 1 unspecified atom stereocenters. The molecule has 3 rings (SSSR count). The van der Waals surface area contributed by atoms with E-state index in [2.05, 4.69) is 27.3 Å². The van der Waals surface area contributed by atoms with Gasteiger partial charge in [-0.05, 0) is 19.1 Å². The van der Waals surface area contributed by atoms with Crippen molar-refractivity contribution < 1.29 is 0 Å². The fourth-order valence-electron chi connectivity index (χ4n) is 2.44. The van der Waals surface area contributed by atoms with E-state index in [0.717, 1.165) is 37.6 Å². The Morgan fingerprint density at radius 1 is 1.32 bits per heavy atom. The molecule has 5 heteroatoms. The molecule has 100 valence electrons. The van der Waals surface area contributed by atoms with Crippen LogP contribution in [0.3, 0.4) is 0 Å². The van der Waals surface area contributed by atoms with E-state index in [9.17, 15) is 0 Å². The van der Waals surface area contributed by atoms with E-state index in [4.69, 9.17) is 0 Å². The Morgan fingerprint density at radius 3 is 2.95 bits per heavy atom. The number of nitrogens with one attached hydrogen (secondary N) is 1. The van der Waals surface area contributed by atoms with Crippen LogP contribution in [0.4, 0.5) is 0 Å². The van der Waals surface area contributed by atoms with Gasteiger partial charge in [0.15, 0.2) is 0 Å². The minimum atomic E-state index is 0.554. The first kappa shape index (κ1) is 12.3. The standard InChI is InChI=1S/C14H19N5/c1-12-10-18(8-7-15-12)11-13-9-16-19(17-13)14-5-3-2-4-6-14/h2-6,9,12,15H,7-8,10-11H2,1H3. The van der Waals surface area contributed by atoms with Crippen LogP contribution in [0, 0.1) is 0 Å². The van der Waals surface area contributed by atoms with E-state index in [0.29, 0.717) is 6.04 Å². The van der Waals surface area contributed by atoms with Crippen LogP contribution in [0.15, 0.2) is 36.5 Å². The monoisotopic (exact) mass is 257 g/mol. The van der Waals surface area contributed by atoms with E-state index in [-0.39, 0.29) is 0 Å². The molecule has 19 heavy (non-hydrogen) atoms. The summed E-state index contributed by atoms with van der Waals surface area (Å²) in [6.45, 7) is 6.28. The fourth-order valence-corrected chi connectivity index (χ4v) is 2.44. The van der Waals surface area contributed by atoms with Gasteiger partial charge in [-0.15, -0.1) is 0 Å². The smallest absolute Gasteiger partial charge is 0.0971 e. The summed E-state index contributed by atoms with van der Waals surface area (Å²) in [4.78, 5) is 4.11. The molecule has 5 nitrogen and oxygen atoms in total. The van der Waals surface area contributed by atoms with Crippen LogP contribution in [0.25, 0.3) is 5.69 Å². The van der Waals surface area contributed by atoms with Crippen molar-refractivity contribution in [2.24, 2.45) is 0 Å². The van der Waals surface area contributed by atoms with Crippen LogP contribution in [-0.4, -0.2) is 45.6 Å². The van der Waals surface area contributed by atoms with Gasteiger partial charge >= 0.3 is 0 Å². The van der Waals surface area contributed by atoms with Crippen molar-refractivity contribution in [1.82, 2.24) is 25.2 Å². The highest BCUT2D eigenvalue weighted by molar-refractivity contribution is 5.28. The lowest BCUT2D eigenvalue weighted by Crippen LogP contribution is -2.48. The highest BCUT2D eigenvalue weighted by Gasteiger charge is 2.16. The maximum absolute atomic E-state index is 4.54. The molecule has 0 spiro atoms. The molecule has 1 aromatic heterocycles. The Balaban J connectivity index is 1.68. The summed E-state index contributed by atoms with van der Waals surface area (Å²) in [5.74, 6) is 0. The largest absolute Gasteiger partial charge is 0.312 e. The normalized spacial score (nSPS) is 20.6. The van der Waals surface area contributed by atoms with Crippen molar-refractivity contribution in [1.29, 1.82) is 0 Å². The zero-order chi connectivity index (χ0) is 13.1. The molecule has 1 aliphatic rings. The lowest BCUT2D eigenvalue weighted by Gasteiger charge is -2.31. The van der Waals surface area contributed by atoms with E-state index in [1.165, 1.54) is 0 Å². The minimum absolute atomic E-state index is 0.554. The summed E-state index contributed by atoms with van der Waals surface area (Å²) < 4.78 is 0. The van der Waals surface area contributed by atoms with Crippen LogP contribution in [0.2, 0.25) is 0 Å². The second-order valence-electron chi connectivity index (χ2n) is 5.05. The van der Waals surface area contributed by atoms with Crippen LogP contribution in [-0.2, 0) is 6.54 Å². The summed E-state index contributed by atoms with van der Waals surface area (Å²) in [7, 11) is 0. The highest BCUT2D eigenvalue weighted by atomic mass is 15.5. The number of piperazine rings is 1. The Bertz CT molecular complexity index is 522. The second-order valence-corrected chi connectivity index (χ2v) is 5.05. The van der Waals surface area contributed by atoms with Gasteiger partial charge in [-0.2, -0.15) is 15.0 Å². The average Bonchev–Trinajstić information content (AvgIpc) is 2.88. The summed E-state index contributed by atoms with van der Waals surface area (Å²) >= 11 is 0. The van der Waals surface area contributed by atoms with Crippen LogP contribution in [0.5, 0.6) is 0 Å². The second kappa shape index (κ2) is 5.50. The molecule has 0 aliphatic carbocycles. The quantitative estimate of drug-likeness (QED) is 0.893. The molecular formula is C14H19N5. The summed E-state index contributed by atoms with van der Waals surface area (Å²) in [6.07, 6.45) is 1.86. The molecule has 0 saturated carbocycles. The molecule has 0 amide bonds. The molecule has 0 radical (unpaired) electrons. The van der Waals surface area contributed by atoms with Gasteiger partial charge in [0.05, 0.1) is 17.6 Å². The molecule has 1 aliphatic heterocycles. The van der Waals surface area contributed by atoms with Crippen LogP contribution >= 0.6 is 0 Å². The topological polar surface area (TPSA) is 46.0 Å². The van der Waals surface area contributed by atoms with Crippen molar-refractivity contribution in [3.63, 3.8) is 0 Å². The van der Waals surface area contributed by atoms with E-state index in [1.54, 1.807) is 4.80 Å². The molecular weight excluding hydrogens is 238 g/mol. The van der Waals surface area contributed by atoms with Gasteiger partial charge in [-0.1, -0.05) is 18.2 Å². The summed E-state index contributed by atoms with van der Waals surface area (Å²) in [5.41, 5.74) is 2.03. The molecule has 2 heterocycles. The van der Waals surface area contributed by atoms with E-state index >= 15 is 0 Å². The van der Waals surface area contributed by atoms with Gasteiger partial charge in [0.1, 0.15) is 0 Å². The van der Waals surface area contributed by atoms with Gasteiger partial charge < -0.3 is 5.32 Å². The number of nitrogens with zero attached hydrogens (tertiary/aromatic N) is 4. The first-order chi connectivity index (χ1) is 9.31. The van der Waals surface area contributed by atoms with Gasteiger partial charge in [-0.3, -0.25) is 4.90 Å². The minimum Gasteiger partial charge on any atom is -0.312 e. The van der Waals surface area contributed by atoms with E-state index in [1.807, 2.05) is 36.5 Å². The maximum Gasteiger partial charge on any atom is 0.0971 e. The first-order valence-electron chi connectivity index (χ1n) is 6.73. The first-order valence-corrected chi connectivity index (χ1v) is 6.73. The Kier molecular flexibility index (Phi) is 3.57. The molecule has 1 aromatic carbocycles. The van der Waals surface area contributed by atoms with Gasteiger partial charge in [0, 0.05) is 32.2 Å². The predicted octanol–water partition coefficient (Wildman–Crippen LogP) is 1.06. The molecule has 2 aromatic rings. The van der Waals surface area contributed by atoms with Gasteiger partial charge in [-0.25, -0.2) is 0 Å². The van der Waals surface area contributed by atoms with Crippen molar-refractivity contribution in [2.45, 2.75) is 19.5 Å². The molecule has 0 bridgehead atoms. The zero-order valence-electron chi connectivity index (χ0n) is 11.2. The third-order valence-electron chi connectivity index (χ3n) is 3.36. The van der Waals surface area contributed by atoms with Gasteiger partial charge in [0.25, 0.3) is 0 Å². The third-order valence-corrected chi connectivity index (χ3v) is 3.36. The van der Waals surface area contributed by atoms with Crippen molar-refractivity contribution >= 4 is 0 Å². The SMILES string of the molecule is CC1CN(Cc2cnn(-c3ccccc3)n2)CCN1. The van der Waals surface area contributed by atoms with Crippen molar-refractivity contribution in [3.05, 3.63) is 42.2 Å². The number of rotatable bonds is 3. The lowest BCUT2D eigenvalue weighted by atomic mass is 10.2. The Labute approximate surface area is 113 Å². The van der Waals surface area contributed by atoms with Gasteiger partial charge in [0.2, 0.25) is 0 Å². The Hall–Kier alpha value is -1.72. The zero-order valence-corrected chi connectivity index (χ0v) is 11.2. The number of hydrogen-bond donors (Lipinski definition) is 1. The lowest BCUT2D eigenvalue weighted by molar-refractivity contribution is 0.197. The van der Waals surface area contributed by atoms with Crippen LogP contribution < -0.4 is 5.32 Å². The predicted molar refractivity (Wildman–Crippen MR) is 74.1 cm³/mol. The molecule has 1 fully saturated rings. The number of aromatic nitrogens is 3. The summed E-state index contributed by atoms with van der Waals surface area (Å²) in [6, 6.07) is 10.6. The Morgan fingerprint density at radius 2 is 2.16 bits per heavy atom. The number of para-hydroxylation sites is 1.